The summed E-state index contributed by atoms with van der Waals surface area (Å²) in [4.78, 5) is 31.3. The van der Waals surface area contributed by atoms with Crippen molar-refractivity contribution in [2.24, 2.45) is 0 Å². The van der Waals surface area contributed by atoms with Crippen LogP contribution in [0.15, 0.2) is 72.1 Å². The Hall–Kier alpha value is -3.16. The largest absolute Gasteiger partial charge is 0.491 e. The second-order valence-electron chi connectivity index (χ2n) is 7.86. The number of thiophene rings is 1. The molecule has 1 aromatic heterocycles. The highest BCUT2D eigenvalue weighted by molar-refractivity contribution is 7.10. The first-order valence-electron chi connectivity index (χ1n) is 11.0. The fourth-order valence-electron chi connectivity index (χ4n) is 4.04. The van der Waals surface area contributed by atoms with E-state index in [-0.39, 0.29) is 24.4 Å². The molecule has 0 fully saturated rings. The molecule has 1 atom stereocenters. The number of carbonyl (C=O) groups is 2. The highest BCUT2D eigenvalue weighted by Crippen LogP contribution is 2.34. The van der Waals surface area contributed by atoms with Crippen molar-refractivity contribution in [3.8, 4) is 5.75 Å². The quantitative estimate of drug-likeness (QED) is 0.480. The molecular weight excluding hydrogens is 436 g/mol. The standard InChI is InChI=1S/C26H28N2O4S/c1-31-16-15-27(26(30)20-8-4-2-5-9-20)18-25(29)28-14-12-24-22(13-17-33-24)23(28)19-32-21-10-6-3-7-11-21/h2-11,13,17,23H,12,14-16,18-19H2,1H3/t23-/m0/s1. The summed E-state index contributed by atoms with van der Waals surface area (Å²) < 4.78 is 11.2. The maximum Gasteiger partial charge on any atom is 0.254 e. The predicted molar refractivity (Wildman–Crippen MR) is 129 cm³/mol. The molecule has 172 valence electrons. The zero-order valence-electron chi connectivity index (χ0n) is 18.7. The number of nitrogens with zero attached hydrogens (tertiary/aromatic N) is 2. The van der Waals surface area contributed by atoms with Crippen molar-refractivity contribution < 1.29 is 19.1 Å². The van der Waals surface area contributed by atoms with Crippen LogP contribution in [0.5, 0.6) is 5.75 Å². The van der Waals surface area contributed by atoms with Crippen molar-refractivity contribution >= 4 is 23.2 Å². The fourth-order valence-corrected chi connectivity index (χ4v) is 4.97. The molecule has 1 aliphatic heterocycles. The minimum atomic E-state index is -0.191. The molecule has 33 heavy (non-hydrogen) atoms. The van der Waals surface area contributed by atoms with Crippen LogP contribution in [-0.4, -0.2) is 61.6 Å². The Kier molecular flexibility index (Phi) is 7.75. The van der Waals surface area contributed by atoms with Crippen LogP contribution in [-0.2, 0) is 16.0 Å². The highest BCUT2D eigenvalue weighted by Gasteiger charge is 2.33. The lowest BCUT2D eigenvalue weighted by Gasteiger charge is -2.37. The molecule has 1 aliphatic rings. The van der Waals surface area contributed by atoms with Crippen molar-refractivity contribution in [3.05, 3.63) is 88.1 Å². The molecule has 2 aromatic carbocycles. The smallest absolute Gasteiger partial charge is 0.254 e. The van der Waals surface area contributed by atoms with E-state index < -0.39 is 0 Å². The zero-order chi connectivity index (χ0) is 23.0. The Morgan fingerprint density at radius 3 is 2.52 bits per heavy atom. The van der Waals surface area contributed by atoms with Gasteiger partial charge in [0, 0.05) is 30.6 Å². The maximum absolute atomic E-state index is 13.5. The van der Waals surface area contributed by atoms with Gasteiger partial charge < -0.3 is 19.3 Å². The molecule has 0 saturated heterocycles. The number of benzene rings is 2. The Labute approximate surface area is 198 Å². The summed E-state index contributed by atoms with van der Waals surface area (Å²) >= 11 is 1.72. The van der Waals surface area contributed by atoms with Crippen LogP contribution in [0.4, 0.5) is 0 Å². The van der Waals surface area contributed by atoms with Crippen LogP contribution < -0.4 is 4.74 Å². The zero-order valence-corrected chi connectivity index (χ0v) is 19.5. The molecule has 0 radical (unpaired) electrons. The minimum Gasteiger partial charge on any atom is -0.491 e. The van der Waals surface area contributed by atoms with Crippen LogP contribution >= 0.6 is 11.3 Å². The van der Waals surface area contributed by atoms with E-state index in [0.29, 0.717) is 31.9 Å². The molecule has 0 bridgehead atoms. The van der Waals surface area contributed by atoms with Gasteiger partial charge in [-0.3, -0.25) is 9.59 Å². The Morgan fingerprint density at radius 1 is 1.06 bits per heavy atom. The monoisotopic (exact) mass is 464 g/mol. The van der Waals surface area contributed by atoms with Gasteiger partial charge in [-0.05, 0) is 47.7 Å². The number of ether oxygens (including phenoxy) is 2. The van der Waals surface area contributed by atoms with Crippen LogP contribution in [0.1, 0.15) is 26.8 Å². The Morgan fingerprint density at radius 2 is 1.79 bits per heavy atom. The lowest BCUT2D eigenvalue weighted by atomic mass is 10.0. The second-order valence-corrected chi connectivity index (χ2v) is 8.86. The number of fused-ring (bicyclic) bond motifs is 1. The van der Waals surface area contributed by atoms with Gasteiger partial charge in [-0.2, -0.15) is 0 Å². The summed E-state index contributed by atoms with van der Waals surface area (Å²) in [5.74, 6) is 0.508. The van der Waals surface area contributed by atoms with Crippen LogP contribution in [0.2, 0.25) is 0 Å². The fraction of sp³-hybridized carbons (Fsp3) is 0.308. The van der Waals surface area contributed by atoms with E-state index in [0.717, 1.165) is 17.7 Å². The van der Waals surface area contributed by atoms with Crippen LogP contribution in [0.3, 0.4) is 0 Å². The van der Waals surface area contributed by atoms with E-state index in [1.165, 1.54) is 4.88 Å². The number of carbonyl (C=O) groups excluding carboxylic acids is 2. The van der Waals surface area contributed by atoms with Gasteiger partial charge in [-0.15, -0.1) is 11.3 Å². The highest BCUT2D eigenvalue weighted by atomic mass is 32.1. The van der Waals surface area contributed by atoms with Crippen molar-refractivity contribution in [1.29, 1.82) is 0 Å². The molecule has 0 N–H and O–H groups in total. The number of hydrogen-bond donors (Lipinski definition) is 0. The molecular formula is C26H28N2O4S. The van der Waals surface area contributed by atoms with Gasteiger partial charge in [0.25, 0.3) is 5.91 Å². The van der Waals surface area contributed by atoms with Crippen LogP contribution in [0, 0.1) is 0 Å². The third kappa shape index (κ3) is 5.61. The van der Waals surface area contributed by atoms with Gasteiger partial charge in [-0.1, -0.05) is 36.4 Å². The van der Waals surface area contributed by atoms with Crippen molar-refractivity contribution in [3.63, 3.8) is 0 Å². The lowest BCUT2D eigenvalue weighted by molar-refractivity contribution is -0.135. The molecule has 4 rings (SSSR count). The summed E-state index contributed by atoms with van der Waals surface area (Å²) in [5, 5.41) is 2.07. The number of methoxy groups -OCH3 is 1. The summed E-state index contributed by atoms with van der Waals surface area (Å²) in [6, 6.07) is 20.6. The van der Waals surface area contributed by atoms with Crippen molar-refractivity contribution in [2.45, 2.75) is 12.5 Å². The molecule has 2 amide bonds. The van der Waals surface area contributed by atoms with Gasteiger partial charge >= 0.3 is 0 Å². The van der Waals surface area contributed by atoms with Gasteiger partial charge in [0.05, 0.1) is 12.6 Å². The number of hydrogen-bond acceptors (Lipinski definition) is 5. The van der Waals surface area contributed by atoms with Crippen LogP contribution in [0.25, 0.3) is 0 Å². The average Bonchev–Trinajstić information content (AvgIpc) is 3.35. The maximum atomic E-state index is 13.5. The molecule has 3 aromatic rings. The third-order valence-electron chi connectivity index (χ3n) is 5.77. The first-order chi connectivity index (χ1) is 16.2. The number of amides is 2. The summed E-state index contributed by atoms with van der Waals surface area (Å²) in [7, 11) is 1.59. The van der Waals surface area contributed by atoms with E-state index in [1.807, 2.05) is 53.4 Å². The van der Waals surface area contributed by atoms with Gasteiger partial charge in [0.1, 0.15) is 18.9 Å². The molecule has 2 heterocycles. The van der Waals surface area contributed by atoms with Gasteiger partial charge in [0.2, 0.25) is 5.91 Å². The second kappa shape index (κ2) is 11.1. The van der Waals surface area contributed by atoms with Crippen molar-refractivity contribution in [1.82, 2.24) is 9.80 Å². The first kappa shape index (κ1) is 23.0. The summed E-state index contributed by atoms with van der Waals surface area (Å²) in [6.07, 6.45) is 0.811. The molecule has 0 spiro atoms. The lowest BCUT2D eigenvalue weighted by Crippen LogP contribution is -2.48. The van der Waals surface area contributed by atoms with Crippen molar-refractivity contribution in [2.75, 3.05) is 40.0 Å². The normalized spacial score (nSPS) is 15.1. The van der Waals surface area contributed by atoms with E-state index in [1.54, 1.807) is 35.5 Å². The van der Waals surface area contributed by atoms with E-state index in [9.17, 15) is 9.59 Å². The molecule has 0 saturated carbocycles. The Balaban J connectivity index is 1.51. The van der Waals surface area contributed by atoms with E-state index in [2.05, 4.69) is 11.4 Å². The first-order valence-corrected chi connectivity index (χ1v) is 11.9. The number of para-hydroxylation sites is 1. The summed E-state index contributed by atoms with van der Waals surface area (Å²) in [6.45, 7) is 1.68. The third-order valence-corrected chi connectivity index (χ3v) is 6.76. The molecule has 7 heteroatoms. The number of rotatable bonds is 9. The van der Waals surface area contributed by atoms with E-state index in [4.69, 9.17) is 9.47 Å². The van der Waals surface area contributed by atoms with Gasteiger partial charge in [-0.25, -0.2) is 0 Å². The average molecular weight is 465 g/mol. The van der Waals surface area contributed by atoms with E-state index >= 15 is 0 Å². The summed E-state index contributed by atoms with van der Waals surface area (Å²) in [5.41, 5.74) is 1.69. The molecule has 0 unspecified atom stereocenters. The Bertz CT molecular complexity index is 1050. The topological polar surface area (TPSA) is 59.1 Å². The SMILES string of the molecule is COCCN(CC(=O)N1CCc2sccc2[C@@H]1COc1ccccc1)C(=O)c1ccccc1. The minimum absolute atomic E-state index is 0.00159. The molecule has 0 aliphatic carbocycles. The predicted octanol–water partition coefficient (Wildman–Crippen LogP) is 4.04. The van der Waals surface area contributed by atoms with Gasteiger partial charge in [0.15, 0.2) is 0 Å². The molecule has 6 nitrogen and oxygen atoms in total.